The third-order valence-corrected chi connectivity index (χ3v) is 5.28. The van der Waals surface area contributed by atoms with Gasteiger partial charge in [-0.25, -0.2) is 0 Å². The fourth-order valence-electron chi connectivity index (χ4n) is 3.92. The van der Waals surface area contributed by atoms with Crippen molar-refractivity contribution in [2.45, 2.75) is 25.2 Å². The van der Waals surface area contributed by atoms with E-state index in [-0.39, 0.29) is 11.6 Å². The summed E-state index contributed by atoms with van der Waals surface area (Å²) in [4.78, 5) is 0. The highest BCUT2D eigenvalue weighted by atomic mass is 35.5. The number of halogens is 1. The highest BCUT2D eigenvalue weighted by molar-refractivity contribution is 6.30. The van der Waals surface area contributed by atoms with Crippen LogP contribution >= 0.6 is 11.6 Å². The number of rotatable bonds is 1. The van der Waals surface area contributed by atoms with Crippen LogP contribution in [0, 0.1) is 45.3 Å². The van der Waals surface area contributed by atoms with Crippen LogP contribution in [0.5, 0.6) is 0 Å². The summed E-state index contributed by atoms with van der Waals surface area (Å²) < 4.78 is 0. The minimum Gasteiger partial charge on any atom is -0.399 e. The summed E-state index contributed by atoms with van der Waals surface area (Å²) >= 11 is 5.98. The molecule has 2 atom stereocenters. The second-order valence-corrected chi connectivity index (χ2v) is 6.59. The Balaban J connectivity index is 2.31. The van der Waals surface area contributed by atoms with Crippen molar-refractivity contribution in [3.63, 3.8) is 0 Å². The van der Waals surface area contributed by atoms with Gasteiger partial charge in [0.25, 0.3) is 0 Å². The van der Waals surface area contributed by atoms with Gasteiger partial charge in [-0.05, 0) is 48.4 Å². The summed E-state index contributed by atoms with van der Waals surface area (Å²) in [5, 5.41) is 29.9. The molecule has 0 aliphatic heterocycles. The highest BCUT2D eigenvalue weighted by Gasteiger charge is 2.53. The number of hydrogen-bond acceptors (Lipinski definition) is 4. The third kappa shape index (κ3) is 2.18. The van der Waals surface area contributed by atoms with Crippen molar-refractivity contribution in [2.75, 3.05) is 0 Å². The Morgan fingerprint density at radius 3 is 2.38 bits per heavy atom. The molecule has 2 N–H and O–H groups in total. The fraction of sp³-hybridized carbons (Fsp3) is 0.316. The maximum Gasteiger partial charge on any atom is 0.191 e. The molecule has 0 saturated heterocycles. The van der Waals surface area contributed by atoms with Crippen LogP contribution in [0.4, 0.5) is 0 Å². The van der Waals surface area contributed by atoms with Crippen LogP contribution in [0.25, 0.3) is 0 Å². The van der Waals surface area contributed by atoms with Crippen LogP contribution in [0.15, 0.2) is 47.2 Å². The molecule has 5 heteroatoms. The van der Waals surface area contributed by atoms with Crippen molar-refractivity contribution in [3.05, 3.63) is 57.8 Å². The molecular formula is C19H15ClN4. The van der Waals surface area contributed by atoms with Gasteiger partial charge in [0.15, 0.2) is 5.41 Å². The second kappa shape index (κ2) is 6.04. The van der Waals surface area contributed by atoms with Gasteiger partial charge >= 0.3 is 0 Å². The van der Waals surface area contributed by atoms with E-state index in [1.54, 1.807) is 12.1 Å². The number of allylic oxidation sites excluding steroid dienone is 4. The van der Waals surface area contributed by atoms with Gasteiger partial charge in [0, 0.05) is 10.9 Å². The summed E-state index contributed by atoms with van der Waals surface area (Å²) in [7, 11) is 0. The Bertz CT molecular complexity index is 845. The molecule has 0 heterocycles. The first kappa shape index (κ1) is 16.1. The van der Waals surface area contributed by atoms with E-state index in [0.29, 0.717) is 10.6 Å². The quantitative estimate of drug-likeness (QED) is 0.841. The first-order chi connectivity index (χ1) is 11.6. The minimum absolute atomic E-state index is 0.0684. The molecule has 24 heavy (non-hydrogen) atoms. The van der Waals surface area contributed by atoms with Crippen LogP contribution in [-0.4, -0.2) is 0 Å². The van der Waals surface area contributed by atoms with Gasteiger partial charge in [-0.15, -0.1) is 0 Å². The molecule has 3 rings (SSSR count). The van der Waals surface area contributed by atoms with Crippen molar-refractivity contribution in [1.29, 1.82) is 15.8 Å². The molecule has 1 aromatic carbocycles. The number of nitrogens with two attached hydrogens (primary N) is 1. The first-order valence-corrected chi connectivity index (χ1v) is 8.15. The van der Waals surface area contributed by atoms with Crippen LogP contribution in [0.2, 0.25) is 5.02 Å². The Hall–Kier alpha value is -2.74. The Labute approximate surface area is 146 Å². The lowest BCUT2D eigenvalue weighted by atomic mass is 9.57. The standard InChI is InChI=1S/C19H15ClN4/c20-13-7-5-12(6-8-13)17-15-4-2-1-3-14(15)16(9-21)18(24)19(17,10-22)11-23/h3,5-8,15,17H,1-2,4,24H2/t15-,17-/m0/s1. The van der Waals surface area contributed by atoms with Gasteiger partial charge in [0.05, 0.1) is 23.4 Å². The van der Waals surface area contributed by atoms with Crippen molar-refractivity contribution in [3.8, 4) is 18.2 Å². The number of nitrogens with zero attached hydrogens (tertiary/aromatic N) is 3. The summed E-state index contributed by atoms with van der Waals surface area (Å²) in [6.07, 6.45) is 4.69. The molecule has 2 aliphatic carbocycles. The van der Waals surface area contributed by atoms with Crippen molar-refractivity contribution in [1.82, 2.24) is 0 Å². The van der Waals surface area contributed by atoms with Crippen molar-refractivity contribution in [2.24, 2.45) is 17.1 Å². The molecule has 0 unspecified atom stereocenters. The van der Waals surface area contributed by atoms with Gasteiger partial charge in [-0.2, -0.15) is 15.8 Å². The topological polar surface area (TPSA) is 97.4 Å². The van der Waals surface area contributed by atoms with Crippen LogP contribution in [0.3, 0.4) is 0 Å². The molecule has 0 amide bonds. The summed E-state index contributed by atoms with van der Waals surface area (Å²) in [6.45, 7) is 0. The van der Waals surface area contributed by atoms with E-state index >= 15 is 0 Å². The summed E-state index contributed by atoms with van der Waals surface area (Å²) in [5.74, 6) is -0.477. The van der Waals surface area contributed by atoms with E-state index < -0.39 is 11.3 Å². The van der Waals surface area contributed by atoms with Gasteiger partial charge in [0.1, 0.15) is 6.07 Å². The lowest BCUT2D eigenvalue weighted by Gasteiger charge is -2.43. The lowest BCUT2D eigenvalue weighted by Crippen LogP contribution is -2.42. The summed E-state index contributed by atoms with van der Waals surface area (Å²) in [5.41, 5.74) is 6.75. The third-order valence-electron chi connectivity index (χ3n) is 5.03. The van der Waals surface area contributed by atoms with Crippen molar-refractivity contribution >= 4 is 11.6 Å². The zero-order valence-electron chi connectivity index (χ0n) is 13.0. The molecule has 0 bridgehead atoms. The molecule has 0 aromatic heterocycles. The molecular weight excluding hydrogens is 320 g/mol. The smallest absolute Gasteiger partial charge is 0.191 e. The Kier molecular flexibility index (Phi) is 4.06. The van der Waals surface area contributed by atoms with E-state index in [4.69, 9.17) is 17.3 Å². The minimum atomic E-state index is -1.54. The predicted octanol–water partition coefficient (Wildman–Crippen LogP) is 3.93. The van der Waals surface area contributed by atoms with Gasteiger partial charge in [0.2, 0.25) is 0 Å². The maximum atomic E-state index is 9.86. The molecule has 1 aromatic rings. The van der Waals surface area contributed by atoms with Crippen LogP contribution in [0.1, 0.15) is 30.7 Å². The summed E-state index contributed by atoms with van der Waals surface area (Å²) in [6, 6.07) is 13.6. The predicted molar refractivity (Wildman–Crippen MR) is 90.1 cm³/mol. The molecule has 4 nitrogen and oxygen atoms in total. The lowest BCUT2D eigenvalue weighted by molar-refractivity contribution is 0.317. The average molecular weight is 335 g/mol. The van der Waals surface area contributed by atoms with Crippen LogP contribution in [-0.2, 0) is 0 Å². The molecule has 0 fully saturated rings. The molecule has 0 saturated carbocycles. The Morgan fingerprint density at radius 1 is 1.12 bits per heavy atom. The normalized spacial score (nSPS) is 24.8. The molecule has 2 aliphatic rings. The van der Waals surface area contributed by atoms with E-state index in [9.17, 15) is 15.8 Å². The SMILES string of the molecule is N#CC1=C(N)C(C#N)(C#N)[C@@H](c2ccc(Cl)cc2)[C@H]2CCCC=C12. The Morgan fingerprint density at radius 2 is 1.79 bits per heavy atom. The van der Waals surface area contributed by atoms with E-state index in [1.165, 1.54) is 0 Å². The molecule has 0 radical (unpaired) electrons. The van der Waals surface area contributed by atoms with E-state index in [0.717, 1.165) is 30.4 Å². The van der Waals surface area contributed by atoms with Crippen LogP contribution < -0.4 is 5.73 Å². The molecule has 118 valence electrons. The number of fused-ring (bicyclic) bond motifs is 1. The number of hydrogen-bond donors (Lipinski definition) is 1. The first-order valence-electron chi connectivity index (χ1n) is 7.77. The second-order valence-electron chi connectivity index (χ2n) is 6.16. The maximum absolute atomic E-state index is 9.86. The largest absolute Gasteiger partial charge is 0.399 e. The number of benzene rings is 1. The highest BCUT2D eigenvalue weighted by Crippen LogP contribution is 2.55. The van der Waals surface area contributed by atoms with Gasteiger partial charge in [-0.3, -0.25) is 0 Å². The van der Waals surface area contributed by atoms with Gasteiger partial charge in [-0.1, -0.05) is 29.8 Å². The van der Waals surface area contributed by atoms with E-state index in [2.05, 4.69) is 18.2 Å². The zero-order valence-corrected chi connectivity index (χ0v) is 13.7. The van der Waals surface area contributed by atoms with E-state index in [1.807, 2.05) is 18.2 Å². The fourth-order valence-corrected chi connectivity index (χ4v) is 4.05. The zero-order chi connectivity index (χ0) is 17.3. The van der Waals surface area contributed by atoms with Gasteiger partial charge < -0.3 is 5.73 Å². The van der Waals surface area contributed by atoms with Crippen molar-refractivity contribution < 1.29 is 0 Å². The number of nitriles is 3. The monoisotopic (exact) mass is 334 g/mol. The molecule has 0 spiro atoms. The average Bonchev–Trinajstić information content (AvgIpc) is 2.62.